The minimum absolute atomic E-state index is 0.0573. The van der Waals surface area contributed by atoms with E-state index in [1.807, 2.05) is 30.3 Å². The molecule has 1 N–H and O–H groups in total. The lowest BCUT2D eigenvalue weighted by molar-refractivity contribution is -0.142. The van der Waals surface area contributed by atoms with Gasteiger partial charge in [0.1, 0.15) is 29.7 Å². The zero-order valence-electron chi connectivity index (χ0n) is 21.6. The molecule has 5 rings (SSSR count). The number of halogens is 1. The van der Waals surface area contributed by atoms with Crippen LogP contribution >= 0.6 is 0 Å². The summed E-state index contributed by atoms with van der Waals surface area (Å²) in [6, 6.07) is 19.3. The van der Waals surface area contributed by atoms with Crippen LogP contribution in [-0.2, 0) is 27.4 Å². The molecular weight excluding hydrogens is 501 g/mol. The fraction of sp³-hybridized carbons (Fsp3) is 0.310. The van der Waals surface area contributed by atoms with E-state index in [2.05, 4.69) is 15.6 Å². The first kappa shape index (κ1) is 26.3. The van der Waals surface area contributed by atoms with Crippen LogP contribution in [0.25, 0.3) is 11.0 Å². The van der Waals surface area contributed by atoms with Crippen molar-refractivity contribution in [1.29, 1.82) is 0 Å². The molecule has 10 heteroatoms. The van der Waals surface area contributed by atoms with E-state index in [1.165, 1.54) is 21.7 Å². The van der Waals surface area contributed by atoms with Crippen molar-refractivity contribution in [3.8, 4) is 5.75 Å². The Kier molecular flexibility index (Phi) is 8.12. The molecule has 0 bridgehead atoms. The SMILES string of the molecule is COc1ccc(CN(C(=O)Cn2nnc3ccccc32)[C@H](C(=O)NC[C@@H]2CCCO2)c2ccccc2F)cc1. The lowest BCUT2D eigenvalue weighted by Gasteiger charge is -2.32. The predicted octanol–water partition coefficient (Wildman–Crippen LogP) is 3.64. The van der Waals surface area contributed by atoms with Crippen molar-refractivity contribution in [3.63, 3.8) is 0 Å². The van der Waals surface area contributed by atoms with Crippen molar-refractivity contribution in [1.82, 2.24) is 25.2 Å². The van der Waals surface area contributed by atoms with Crippen molar-refractivity contribution >= 4 is 22.8 Å². The Morgan fingerprint density at radius 3 is 2.64 bits per heavy atom. The summed E-state index contributed by atoms with van der Waals surface area (Å²) in [5.41, 5.74) is 2.18. The number of nitrogens with zero attached hydrogens (tertiary/aromatic N) is 4. The van der Waals surface area contributed by atoms with E-state index in [4.69, 9.17) is 9.47 Å². The van der Waals surface area contributed by atoms with Crippen LogP contribution in [0.2, 0.25) is 0 Å². The van der Waals surface area contributed by atoms with Gasteiger partial charge in [0.25, 0.3) is 0 Å². The van der Waals surface area contributed by atoms with Crippen LogP contribution in [0.3, 0.4) is 0 Å². The molecule has 1 aromatic heterocycles. The van der Waals surface area contributed by atoms with Crippen molar-refractivity contribution < 1.29 is 23.5 Å². The van der Waals surface area contributed by atoms with Gasteiger partial charge in [-0.25, -0.2) is 9.07 Å². The van der Waals surface area contributed by atoms with E-state index in [-0.39, 0.29) is 31.3 Å². The number of methoxy groups -OCH3 is 1. The number of hydrogen-bond acceptors (Lipinski definition) is 6. The second-order valence-corrected chi connectivity index (χ2v) is 9.41. The molecule has 202 valence electrons. The van der Waals surface area contributed by atoms with Gasteiger partial charge in [-0.2, -0.15) is 0 Å². The van der Waals surface area contributed by atoms with Gasteiger partial charge in [0.05, 0.1) is 18.7 Å². The van der Waals surface area contributed by atoms with Gasteiger partial charge in [-0.1, -0.05) is 47.7 Å². The van der Waals surface area contributed by atoms with Gasteiger partial charge in [0.15, 0.2) is 0 Å². The zero-order valence-corrected chi connectivity index (χ0v) is 21.6. The monoisotopic (exact) mass is 531 g/mol. The molecular formula is C29H30FN5O4. The molecule has 2 amide bonds. The van der Waals surface area contributed by atoms with Crippen LogP contribution in [-0.4, -0.2) is 58.1 Å². The third-order valence-corrected chi connectivity index (χ3v) is 6.83. The van der Waals surface area contributed by atoms with Crippen LogP contribution in [0.4, 0.5) is 4.39 Å². The molecule has 39 heavy (non-hydrogen) atoms. The number of carbonyl (C=O) groups is 2. The lowest BCUT2D eigenvalue weighted by atomic mass is 10.0. The number of amides is 2. The van der Waals surface area contributed by atoms with Gasteiger partial charge in [0, 0.05) is 25.3 Å². The Balaban J connectivity index is 1.50. The van der Waals surface area contributed by atoms with Crippen molar-refractivity contribution in [2.24, 2.45) is 0 Å². The van der Waals surface area contributed by atoms with Crippen molar-refractivity contribution in [3.05, 3.63) is 89.7 Å². The van der Waals surface area contributed by atoms with Gasteiger partial charge in [-0.05, 0) is 48.7 Å². The molecule has 0 spiro atoms. The summed E-state index contributed by atoms with van der Waals surface area (Å²) in [6.45, 7) is 0.801. The van der Waals surface area contributed by atoms with Crippen LogP contribution in [0.1, 0.15) is 30.0 Å². The van der Waals surface area contributed by atoms with Crippen LogP contribution < -0.4 is 10.1 Å². The smallest absolute Gasteiger partial charge is 0.247 e. The number of hydrogen-bond donors (Lipinski definition) is 1. The second kappa shape index (κ2) is 12.0. The highest BCUT2D eigenvalue weighted by atomic mass is 19.1. The largest absolute Gasteiger partial charge is 0.497 e. The number of carbonyl (C=O) groups excluding carboxylic acids is 2. The summed E-state index contributed by atoms with van der Waals surface area (Å²) in [6.07, 6.45) is 1.64. The highest BCUT2D eigenvalue weighted by Gasteiger charge is 2.34. The minimum atomic E-state index is -1.23. The van der Waals surface area contributed by atoms with Gasteiger partial charge in [-0.3, -0.25) is 9.59 Å². The molecule has 1 saturated heterocycles. The minimum Gasteiger partial charge on any atom is -0.497 e. The topological polar surface area (TPSA) is 98.6 Å². The molecule has 1 aliphatic rings. The average Bonchev–Trinajstić information content (AvgIpc) is 3.63. The van der Waals surface area contributed by atoms with E-state index in [9.17, 15) is 9.59 Å². The number of fused-ring (bicyclic) bond motifs is 1. The molecule has 2 atom stereocenters. The van der Waals surface area contributed by atoms with Crippen molar-refractivity contribution in [2.45, 2.75) is 38.1 Å². The first-order valence-corrected chi connectivity index (χ1v) is 12.9. The molecule has 0 saturated carbocycles. The zero-order chi connectivity index (χ0) is 27.2. The summed E-state index contributed by atoms with van der Waals surface area (Å²) >= 11 is 0. The molecule has 4 aromatic rings. The second-order valence-electron chi connectivity index (χ2n) is 9.41. The molecule has 0 unspecified atom stereocenters. The summed E-state index contributed by atoms with van der Waals surface area (Å²) in [5.74, 6) is -0.818. The molecule has 9 nitrogen and oxygen atoms in total. The molecule has 0 aliphatic carbocycles. The summed E-state index contributed by atoms with van der Waals surface area (Å²) in [7, 11) is 1.57. The van der Waals surface area contributed by atoms with E-state index < -0.39 is 23.7 Å². The maximum Gasteiger partial charge on any atom is 0.247 e. The molecule has 1 aliphatic heterocycles. The Labute approximate surface area is 225 Å². The Morgan fingerprint density at radius 1 is 1.13 bits per heavy atom. The van der Waals surface area contributed by atoms with E-state index in [1.54, 1.807) is 37.4 Å². The summed E-state index contributed by atoms with van der Waals surface area (Å²) in [5, 5.41) is 11.2. The number of rotatable bonds is 10. The number of aromatic nitrogens is 3. The number of nitrogens with one attached hydrogen (secondary N) is 1. The van der Waals surface area contributed by atoms with E-state index in [0.717, 1.165) is 18.4 Å². The average molecular weight is 532 g/mol. The van der Waals surface area contributed by atoms with Crippen LogP contribution in [0.15, 0.2) is 72.8 Å². The summed E-state index contributed by atoms with van der Waals surface area (Å²) < 4.78 is 27.6. The fourth-order valence-electron chi connectivity index (χ4n) is 4.77. The first-order valence-electron chi connectivity index (χ1n) is 12.9. The third-order valence-electron chi connectivity index (χ3n) is 6.83. The quantitative estimate of drug-likeness (QED) is 0.336. The Bertz CT molecular complexity index is 1440. The number of ether oxygens (including phenoxy) is 2. The maximum atomic E-state index is 15.2. The Hall–Kier alpha value is -4.31. The Morgan fingerprint density at radius 2 is 1.90 bits per heavy atom. The van der Waals surface area contributed by atoms with Crippen molar-refractivity contribution in [2.75, 3.05) is 20.3 Å². The first-order chi connectivity index (χ1) is 19.0. The molecule has 3 aromatic carbocycles. The van der Waals surface area contributed by atoms with Gasteiger partial charge >= 0.3 is 0 Å². The molecule has 1 fully saturated rings. The van der Waals surface area contributed by atoms with Gasteiger partial charge in [0.2, 0.25) is 11.8 Å². The lowest BCUT2D eigenvalue weighted by Crippen LogP contribution is -2.46. The standard InChI is InChI=1S/C29H30FN5O4/c1-38-21-14-12-20(13-15-21)18-34(27(36)19-35-26-11-5-4-10-25(26)32-33-35)28(23-8-2-3-9-24(23)30)29(37)31-17-22-7-6-16-39-22/h2-5,8-15,22,28H,6-7,16-19H2,1H3,(H,31,37)/t22-,28-/m0/s1. The predicted molar refractivity (Wildman–Crippen MR) is 142 cm³/mol. The fourth-order valence-corrected chi connectivity index (χ4v) is 4.77. The van der Waals surface area contributed by atoms with Crippen LogP contribution in [0, 0.1) is 5.82 Å². The van der Waals surface area contributed by atoms with Gasteiger partial charge in [-0.15, -0.1) is 5.10 Å². The maximum absolute atomic E-state index is 15.2. The van der Waals surface area contributed by atoms with E-state index >= 15 is 4.39 Å². The van der Waals surface area contributed by atoms with E-state index in [0.29, 0.717) is 23.4 Å². The molecule has 2 heterocycles. The van der Waals surface area contributed by atoms with Gasteiger partial charge < -0.3 is 19.7 Å². The molecule has 0 radical (unpaired) electrons. The highest BCUT2D eigenvalue weighted by Crippen LogP contribution is 2.27. The highest BCUT2D eigenvalue weighted by molar-refractivity contribution is 5.89. The normalized spacial score (nSPS) is 15.7. The summed E-state index contributed by atoms with van der Waals surface area (Å²) in [4.78, 5) is 29.1. The van der Waals surface area contributed by atoms with Crippen LogP contribution in [0.5, 0.6) is 5.75 Å². The third kappa shape index (κ3) is 6.06. The number of benzene rings is 3. The number of para-hydroxylation sites is 1.